The summed E-state index contributed by atoms with van der Waals surface area (Å²) in [6.45, 7) is 1.71. The van der Waals surface area contributed by atoms with E-state index in [-0.39, 0.29) is 17.7 Å². The van der Waals surface area contributed by atoms with Gasteiger partial charge in [-0.25, -0.2) is 9.48 Å². The smallest absolute Gasteiger partial charge is 0.322 e. The average Bonchev–Trinajstić information content (AvgIpc) is 2.99. The standard InChI is InChI=1S/C16H17N5O4/c1-9-13(18-12(22)8-11-14(23)19-16(25)17-11)15(24)21(20(9)2)10-6-4-3-5-7-10/h3-7,11H,8H2,1-2H3,(H,18,22)(H2,17,19,23,25)/t11-/m1/s1. The number of hydrogen-bond acceptors (Lipinski definition) is 4. The number of carbonyl (C=O) groups is 3. The lowest BCUT2D eigenvalue weighted by Gasteiger charge is -2.07. The summed E-state index contributed by atoms with van der Waals surface area (Å²) in [5.41, 5.74) is 1.00. The van der Waals surface area contributed by atoms with Crippen LogP contribution in [-0.2, 0) is 16.6 Å². The van der Waals surface area contributed by atoms with E-state index in [0.717, 1.165) is 0 Å². The number of carbonyl (C=O) groups excluding carboxylic acids is 3. The number of nitrogens with zero attached hydrogens (tertiary/aromatic N) is 2. The third kappa shape index (κ3) is 3.03. The first-order chi connectivity index (χ1) is 11.9. The minimum Gasteiger partial charge on any atom is -0.325 e. The van der Waals surface area contributed by atoms with Gasteiger partial charge in [0.15, 0.2) is 0 Å². The summed E-state index contributed by atoms with van der Waals surface area (Å²) in [6.07, 6.45) is -0.253. The van der Waals surface area contributed by atoms with Gasteiger partial charge in [-0.15, -0.1) is 0 Å². The highest BCUT2D eigenvalue weighted by Crippen LogP contribution is 2.14. The minimum atomic E-state index is -0.937. The molecule has 0 bridgehead atoms. The predicted molar refractivity (Wildman–Crippen MR) is 89.5 cm³/mol. The van der Waals surface area contributed by atoms with E-state index in [2.05, 4.69) is 16.0 Å². The molecule has 0 saturated carbocycles. The van der Waals surface area contributed by atoms with E-state index in [0.29, 0.717) is 11.4 Å². The second-order valence-corrected chi connectivity index (χ2v) is 5.70. The van der Waals surface area contributed by atoms with Crippen molar-refractivity contribution in [2.24, 2.45) is 7.05 Å². The van der Waals surface area contributed by atoms with Crippen LogP contribution in [0.1, 0.15) is 12.1 Å². The van der Waals surface area contributed by atoms with Crippen molar-refractivity contribution in [3.05, 3.63) is 46.4 Å². The number of imide groups is 1. The topological polar surface area (TPSA) is 114 Å². The first-order valence-corrected chi connectivity index (χ1v) is 7.63. The summed E-state index contributed by atoms with van der Waals surface area (Å²) in [5.74, 6) is -1.10. The molecule has 1 aromatic carbocycles. The Morgan fingerprint density at radius 1 is 1.20 bits per heavy atom. The minimum absolute atomic E-state index is 0.140. The van der Waals surface area contributed by atoms with Gasteiger partial charge in [-0.3, -0.25) is 24.4 Å². The highest BCUT2D eigenvalue weighted by molar-refractivity contribution is 6.06. The van der Waals surface area contributed by atoms with E-state index in [1.807, 2.05) is 18.2 Å². The molecule has 1 saturated heterocycles. The Morgan fingerprint density at radius 2 is 1.88 bits per heavy atom. The fraction of sp³-hybridized carbons (Fsp3) is 0.250. The zero-order chi connectivity index (χ0) is 18.1. The summed E-state index contributed by atoms with van der Waals surface area (Å²) in [7, 11) is 1.71. The Bertz CT molecular complexity index is 913. The second-order valence-electron chi connectivity index (χ2n) is 5.70. The maximum absolute atomic E-state index is 12.7. The number of amides is 4. The van der Waals surface area contributed by atoms with Crippen LogP contribution in [-0.4, -0.2) is 33.3 Å². The van der Waals surface area contributed by atoms with E-state index in [1.165, 1.54) is 4.68 Å². The van der Waals surface area contributed by atoms with Crippen LogP contribution in [0.15, 0.2) is 35.1 Å². The fourth-order valence-electron chi connectivity index (χ4n) is 2.69. The van der Waals surface area contributed by atoms with E-state index in [9.17, 15) is 19.2 Å². The van der Waals surface area contributed by atoms with Crippen molar-refractivity contribution in [1.29, 1.82) is 0 Å². The van der Waals surface area contributed by atoms with Gasteiger partial charge in [0.1, 0.15) is 11.7 Å². The van der Waals surface area contributed by atoms with Crippen LogP contribution in [0.4, 0.5) is 10.5 Å². The number of nitrogens with one attached hydrogen (secondary N) is 3. The highest BCUT2D eigenvalue weighted by atomic mass is 16.2. The maximum Gasteiger partial charge on any atom is 0.322 e. The SMILES string of the molecule is Cc1c(NC(=O)C[C@H]2NC(=O)NC2=O)c(=O)n(-c2ccccc2)n1C. The number of hydrogen-bond donors (Lipinski definition) is 3. The monoisotopic (exact) mass is 343 g/mol. The summed E-state index contributed by atoms with van der Waals surface area (Å²) in [5, 5.41) is 6.95. The third-order valence-electron chi connectivity index (χ3n) is 4.07. The zero-order valence-electron chi connectivity index (χ0n) is 13.7. The molecule has 1 aliphatic heterocycles. The summed E-state index contributed by atoms with van der Waals surface area (Å²) >= 11 is 0. The lowest BCUT2D eigenvalue weighted by molar-refractivity contribution is -0.124. The third-order valence-corrected chi connectivity index (χ3v) is 4.07. The Kier molecular flexibility index (Phi) is 4.14. The van der Waals surface area contributed by atoms with Crippen molar-refractivity contribution in [2.75, 3.05) is 5.32 Å². The molecule has 25 heavy (non-hydrogen) atoms. The molecule has 3 rings (SSSR count). The van der Waals surface area contributed by atoms with Gasteiger partial charge in [0.05, 0.1) is 17.8 Å². The van der Waals surface area contributed by atoms with E-state index < -0.39 is 23.9 Å². The zero-order valence-corrected chi connectivity index (χ0v) is 13.7. The van der Waals surface area contributed by atoms with Crippen molar-refractivity contribution in [3.8, 4) is 5.69 Å². The normalized spacial score (nSPS) is 16.5. The Hall–Kier alpha value is -3.36. The number of urea groups is 1. The molecule has 4 amide bonds. The molecular weight excluding hydrogens is 326 g/mol. The van der Waals surface area contributed by atoms with Crippen LogP contribution in [0.25, 0.3) is 5.69 Å². The van der Waals surface area contributed by atoms with Crippen LogP contribution >= 0.6 is 0 Å². The first-order valence-electron chi connectivity index (χ1n) is 7.63. The Balaban J connectivity index is 1.84. The molecule has 1 aromatic heterocycles. The van der Waals surface area contributed by atoms with Gasteiger partial charge in [0.2, 0.25) is 5.91 Å². The highest BCUT2D eigenvalue weighted by Gasteiger charge is 2.31. The summed E-state index contributed by atoms with van der Waals surface area (Å²) in [6, 6.07) is 7.45. The average molecular weight is 343 g/mol. The van der Waals surface area contributed by atoms with Crippen LogP contribution in [0.5, 0.6) is 0 Å². The van der Waals surface area contributed by atoms with Crippen molar-refractivity contribution < 1.29 is 14.4 Å². The van der Waals surface area contributed by atoms with Gasteiger partial charge >= 0.3 is 6.03 Å². The van der Waals surface area contributed by atoms with Gasteiger partial charge in [-0.05, 0) is 19.1 Å². The molecule has 9 nitrogen and oxygen atoms in total. The van der Waals surface area contributed by atoms with Crippen molar-refractivity contribution >= 4 is 23.5 Å². The van der Waals surface area contributed by atoms with Gasteiger partial charge < -0.3 is 10.6 Å². The van der Waals surface area contributed by atoms with Gasteiger partial charge in [0.25, 0.3) is 11.5 Å². The Morgan fingerprint density at radius 3 is 2.48 bits per heavy atom. The fourth-order valence-corrected chi connectivity index (χ4v) is 2.69. The molecule has 1 fully saturated rings. The molecule has 0 spiro atoms. The molecular formula is C16H17N5O4. The molecule has 0 unspecified atom stereocenters. The van der Waals surface area contributed by atoms with Crippen LogP contribution in [0.3, 0.4) is 0 Å². The molecule has 1 aliphatic rings. The van der Waals surface area contributed by atoms with E-state index in [1.54, 1.807) is 30.8 Å². The lowest BCUT2D eigenvalue weighted by Crippen LogP contribution is -2.34. The molecule has 3 N–H and O–H groups in total. The first kappa shape index (κ1) is 16.5. The van der Waals surface area contributed by atoms with Crippen molar-refractivity contribution in [2.45, 2.75) is 19.4 Å². The largest absolute Gasteiger partial charge is 0.325 e. The number of para-hydroxylation sites is 1. The molecule has 9 heteroatoms. The van der Waals surface area contributed by atoms with Crippen LogP contribution < -0.4 is 21.5 Å². The van der Waals surface area contributed by atoms with Crippen LogP contribution in [0, 0.1) is 6.92 Å². The molecule has 2 heterocycles. The number of aromatic nitrogens is 2. The van der Waals surface area contributed by atoms with E-state index >= 15 is 0 Å². The lowest BCUT2D eigenvalue weighted by atomic mass is 10.2. The molecule has 0 aliphatic carbocycles. The number of anilines is 1. The summed E-state index contributed by atoms with van der Waals surface area (Å²) in [4.78, 5) is 47.5. The number of benzene rings is 1. The number of rotatable bonds is 4. The quantitative estimate of drug-likeness (QED) is 0.679. The summed E-state index contributed by atoms with van der Waals surface area (Å²) < 4.78 is 3.08. The van der Waals surface area contributed by atoms with Gasteiger partial charge in [-0.2, -0.15) is 0 Å². The van der Waals surface area contributed by atoms with Crippen molar-refractivity contribution in [3.63, 3.8) is 0 Å². The molecule has 1 atom stereocenters. The molecule has 0 radical (unpaired) electrons. The van der Waals surface area contributed by atoms with Crippen LogP contribution in [0.2, 0.25) is 0 Å². The predicted octanol–water partition coefficient (Wildman–Crippen LogP) is 0.0210. The van der Waals surface area contributed by atoms with Crippen molar-refractivity contribution in [1.82, 2.24) is 20.0 Å². The Labute approximate surface area is 142 Å². The second kappa shape index (κ2) is 6.27. The van der Waals surface area contributed by atoms with Gasteiger partial charge in [0, 0.05) is 7.05 Å². The van der Waals surface area contributed by atoms with E-state index in [4.69, 9.17) is 0 Å². The molecule has 130 valence electrons. The van der Waals surface area contributed by atoms with Gasteiger partial charge in [-0.1, -0.05) is 18.2 Å². The maximum atomic E-state index is 12.7. The molecule has 2 aromatic rings.